The average Bonchev–Trinajstić information content (AvgIpc) is 2.33. The van der Waals surface area contributed by atoms with Crippen LogP contribution in [0.5, 0.6) is 5.75 Å². The molecule has 0 fully saturated rings. The Kier molecular flexibility index (Phi) is 4.01. The predicted molar refractivity (Wildman–Crippen MR) is 72.8 cm³/mol. The summed E-state index contributed by atoms with van der Waals surface area (Å²) in [5, 5.41) is 0.896. The molecule has 0 atom stereocenters. The number of aryl methyl sites for hydroxylation is 1. The summed E-state index contributed by atoms with van der Waals surface area (Å²) in [4.78, 5) is 4.40. The Morgan fingerprint density at radius 3 is 2.68 bits per heavy atom. The van der Waals surface area contributed by atoms with E-state index in [0.717, 1.165) is 22.9 Å². The highest BCUT2D eigenvalue weighted by atomic mass is 32.2. The van der Waals surface area contributed by atoms with Crippen LogP contribution in [0, 0.1) is 6.92 Å². The molecule has 0 N–H and O–H groups in total. The van der Waals surface area contributed by atoms with E-state index in [1.165, 1.54) is 0 Å². The van der Waals surface area contributed by atoms with Crippen molar-refractivity contribution in [2.75, 3.05) is 19.5 Å². The first-order valence-electron chi connectivity index (χ1n) is 5.79. The lowest BCUT2D eigenvalue weighted by atomic mass is 10.2. The van der Waals surface area contributed by atoms with E-state index < -0.39 is 10.1 Å². The van der Waals surface area contributed by atoms with Gasteiger partial charge < -0.3 is 4.74 Å². The minimum Gasteiger partial charge on any atom is -0.490 e. The number of fused-ring (bicyclic) bond motifs is 1. The van der Waals surface area contributed by atoms with E-state index in [4.69, 9.17) is 4.74 Å². The standard InChI is InChI=1S/C13H15NO4S/c1-10-6-7-11-12(14-10)4-3-5-13(11)17-8-9-18-19(2,15)16/h3-7H,8-9H2,1-2H3. The Hall–Kier alpha value is -1.66. The largest absolute Gasteiger partial charge is 0.490 e. The normalized spacial score (nSPS) is 11.7. The zero-order chi connectivity index (χ0) is 13.9. The number of ether oxygens (including phenoxy) is 1. The molecule has 1 aromatic carbocycles. The van der Waals surface area contributed by atoms with Crippen molar-refractivity contribution in [3.05, 3.63) is 36.0 Å². The second-order valence-electron chi connectivity index (χ2n) is 4.15. The molecule has 0 unspecified atom stereocenters. The molecule has 0 amide bonds. The number of nitrogens with zero attached hydrogens (tertiary/aromatic N) is 1. The minimum atomic E-state index is -3.42. The lowest BCUT2D eigenvalue weighted by Crippen LogP contribution is -2.11. The van der Waals surface area contributed by atoms with Gasteiger partial charge in [-0.1, -0.05) is 6.07 Å². The highest BCUT2D eigenvalue weighted by Crippen LogP contribution is 2.24. The van der Waals surface area contributed by atoms with Crippen LogP contribution in [-0.4, -0.2) is 32.9 Å². The third-order valence-corrected chi connectivity index (χ3v) is 3.06. The number of aromatic nitrogens is 1. The molecule has 6 heteroatoms. The van der Waals surface area contributed by atoms with Gasteiger partial charge in [0.15, 0.2) is 0 Å². The molecule has 0 aliphatic rings. The first-order valence-corrected chi connectivity index (χ1v) is 7.61. The zero-order valence-corrected chi connectivity index (χ0v) is 11.6. The fourth-order valence-electron chi connectivity index (χ4n) is 1.69. The molecule has 19 heavy (non-hydrogen) atoms. The van der Waals surface area contributed by atoms with Crippen LogP contribution in [0.2, 0.25) is 0 Å². The minimum absolute atomic E-state index is 0.00545. The van der Waals surface area contributed by atoms with Crippen LogP contribution in [0.4, 0.5) is 0 Å². The van der Waals surface area contributed by atoms with E-state index in [2.05, 4.69) is 9.17 Å². The number of rotatable bonds is 5. The zero-order valence-electron chi connectivity index (χ0n) is 10.8. The molecule has 0 radical (unpaired) electrons. The Labute approximate surface area is 112 Å². The second-order valence-corrected chi connectivity index (χ2v) is 5.79. The van der Waals surface area contributed by atoms with E-state index >= 15 is 0 Å². The van der Waals surface area contributed by atoms with Crippen LogP contribution in [0.1, 0.15) is 5.69 Å². The molecular weight excluding hydrogens is 266 g/mol. The van der Waals surface area contributed by atoms with Gasteiger partial charge in [0, 0.05) is 11.1 Å². The van der Waals surface area contributed by atoms with E-state index in [1.54, 1.807) is 0 Å². The first kappa shape index (κ1) is 13.8. The van der Waals surface area contributed by atoms with Crippen LogP contribution in [0.15, 0.2) is 30.3 Å². The molecule has 0 saturated heterocycles. The van der Waals surface area contributed by atoms with Crippen LogP contribution in [-0.2, 0) is 14.3 Å². The highest BCUT2D eigenvalue weighted by Gasteiger charge is 2.05. The first-order chi connectivity index (χ1) is 8.96. The molecule has 1 heterocycles. The summed E-state index contributed by atoms with van der Waals surface area (Å²) in [7, 11) is -3.42. The van der Waals surface area contributed by atoms with Gasteiger partial charge in [0.05, 0.1) is 11.8 Å². The van der Waals surface area contributed by atoms with Gasteiger partial charge in [-0.25, -0.2) is 0 Å². The van der Waals surface area contributed by atoms with Crippen LogP contribution < -0.4 is 4.74 Å². The van der Waals surface area contributed by atoms with Gasteiger partial charge >= 0.3 is 0 Å². The molecular formula is C13H15NO4S. The van der Waals surface area contributed by atoms with Gasteiger partial charge in [-0.15, -0.1) is 0 Å². The van der Waals surface area contributed by atoms with E-state index in [0.29, 0.717) is 5.75 Å². The Morgan fingerprint density at radius 2 is 1.95 bits per heavy atom. The summed E-state index contributed by atoms with van der Waals surface area (Å²) in [5.41, 5.74) is 1.78. The molecule has 102 valence electrons. The maximum Gasteiger partial charge on any atom is 0.264 e. The van der Waals surface area contributed by atoms with E-state index in [1.807, 2.05) is 37.3 Å². The van der Waals surface area contributed by atoms with Gasteiger partial charge in [0.1, 0.15) is 19.0 Å². The molecule has 0 spiro atoms. The van der Waals surface area contributed by atoms with Crippen molar-refractivity contribution in [2.45, 2.75) is 6.92 Å². The maximum atomic E-state index is 10.8. The fourth-order valence-corrected chi connectivity index (χ4v) is 2.06. The molecule has 2 rings (SSSR count). The summed E-state index contributed by atoms with van der Waals surface area (Å²) in [5.74, 6) is 0.669. The molecule has 1 aromatic heterocycles. The van der Waals surface area contributed by atoms with Crippen molar-refractivity contribution in [1.82, 2.24) is 4.98 Å². The number of benzene rings is 1. The summed E-state index contributed by atoms with van der Waals surface area (Å²) in [6, 6.07) is 9.41. The topological polar surface area (TPSA) is 65.5 Å². The summed E-state index contributed by atoms with van der Waals surface area (Å²) in [6.45, 7) is 2.08. The third-order valence-electron chi connectivity index (χ3n) is 2.47. The Bertz CT molecular complexity index is 682. The maximum absolute atomic E-state index is 10.8. The number of hydrogen-bond donors (Lipinski definition) is 0. The lowest BCUT2D eigenvalue weighted by Gasteiger charge is -2.09. The van der Waals surface area contributed by atoms with Gasteiger partial charge in [-0.2, -0.15) is 8.42 Å². The van der Waals surface area contributed by atoms with E-state index in [9.17, 15) is 8.42 Å². The summed E-state index contributed by atoms with van der Waals surface area (Å²) >= 11 is 0. The summed E-state index contributed by atoms with van der Waals surface area (Å²) in [6.07, 6.45) is 1.01. The second kappa shape index (κ2) is 5.54. The lowest BCUT2D eigenvalue weighted by molar-refractivity contribution is 0.224. The SMILES string of the molecule is Cc1ccc2c(OCCOS(C)(=O)=O)cccc2n1. The van der Waals surface area contributed by atoms with Crippen molar-refractivity contribution in [2.24, 2.45) is 0 Å². The number of pyridine rings is 1. The smallest absolute Gasteiger partial charge is 0.264 e. The fraction of sp³-hybridized carbons (Fsp3) is 0.308. The van der Waals surface area contributed by atoms with Gasteiger partial charge in [-0.05, 0) is 31.2 Å². The summed E-state index contributed by atoms with van der Waals surface area (Å²) < 4.78 is 31.7. The molecule has 2 aromatic rings. The van der Waals surface area contributed by atoms with Crippen LogP contribution in [0.3, 0.4) is 0 Å². The molecule has 0 bridgehead atoms. The average molecular weight is 281 g/mol. The molecule has 0 aliphatic carbocycles. The van der Waals surface area contributed by atoms with Gasteiger partial charge in [-0.3, -0.25) is 9.17 Å². The number of hydrogen-bond acceptors (Lipinski definition) is 5. The van der Waals surface area contributed by atoms with Crippen LogP contribution >= 0.6 is 0 Å². The molecule has 0 aliphatic heterocycles. The Morgan fingerprint density at radius 1 is 1.16 bits per heavy atom. The third kappa shape index (κ3) is 3.90. The molecule has 5 nitrogen and oxygen atoms in total. The van der Waals surface area contributed by atoms with Crippen molar-refractivity contribution < 1.29 is 17.3 Å². The highest BCUT2D eigenvalue weighted by molar-refractivity contribution is 7.85. The van der Waals surface area contributed by atoms with Crippen LogP contribution in [0.25, 0.3) is 10.9 Å². The van der Waals surface area contributed by atoms with Gasteiger partial charge in [0.2, 0.25) is 0 Å². The Balaban J connectivity index is 2.09. The van der Waals surface area contributed by atoms with Crippen molar-refractivity contribution in [3.8, 4) is 5.75 Å². The van der Waals surface area contributed by atoms with Crippen molar-refractivity contribution >= 4 is 21.0 Å². The van der Waals surface area contributed by atoms with Gasteiger partial charge in [0.25, 0.3) is 10.1 Å². The van der Waals surface area contributed by atoms with Crippen molar-refractivity contribution in [3.63, 3.8) is 0 Å². The van der Waals surface area contributed by atoms with E-state index in [-0.39, 0.29) is 13.2 Å². The quantitative estimate of drug-likeness (QED) is 0.618. The predicted octanol–water partition coefficient (Wildman–Crippen LogP) is 1.90. The molecule has 0 saturated carbocycles. The monoisotopic (exact) mass is 281 g/mol. The van der Waals surface area contributed by atoms with Crippen molar-refractivity contribution in [1.29, 1.82) is 0 Å².